The number of H-pyrrole nitrogens is 1. The number of nitrogens with zero attached hydrogens (tertiary/aromatic N) is 2. The van der Waals surface area contributed by atoms with E-state index in [-0.39, 0.29) is 5.91 Å². The van der Waals surface area contributed by atoms with E-state index in [0.29, 0.717) is 6.42 Å². The Morgan fingerprint density at radius 2 is 2.14 bits per heavy atom. The molecule has 2 rings (SSSR count). The van der Waals surface area contributed by atoms with Gasteiger partial charge < -0.3 is 9.88 Å². The second-order valence-corrected chi connectivity index (χ2v) is 4.83. The van der Waals surface area contributed by atoms with Crippen LogP contribution in [0.5, 0.6) is 0 Å². The summed E-state index contributed by atoms with van der Waals surface area (Å²) in [4.78, 5) is 19.0. The number of carbonyl (C=O) groups excluding carboxylic acids is 1. The Bertz CT molecular complexity index is 539. The first-order chi connectivity index (χ1) is 9.84. The number of aromatic nitrogens is 2. The predicted octanol–water partition coefficient (Wildman–Crippen LogP) is 1.24. The van der Waals surface area contributed by atoms with Crippen molar-refractivity contribution in [2.24, 2.45) is 0 Å². The third-order valence-electron chi connectivity index (χ3n) is 2.25. The van der Waals surface area contributed by atoms with Crippen molar-refractivity contribution in [1.29, 1.82) is 0 Å². The second kappa shape index (κ2) is 9.86. The SMILES string of the molecule is C=CN1CCCC1=O.C=Cc1ncc[nH]1.COS(=O)(=O)O. The second-order valence-electron chi connectivity index (χ2n) is 3.65. The van der Waals surface area contributed by atoms with Crippen molar-refractivity contribution in [3.63, 3.8) is 0 Å². The van der Waals surface area contributed by atoms with E-state index in [9.17, 15) is 13.2 Å². The minimum atomic E-state index is -4.16. The third-order valence-corrected chi connectivity index (χ3v) is 2.67. The van der Waals surface area contributed by atoms with Gasteiger partial charge in [0.05, 0.1) is 7.11 Å². The lowest BCUT2D eigenvalue weighted by molar-refractivity contribution is -0.125. The molecule has 1 aliphatic heterocycles. The summed E-state index contributed by atoms with van der Waals surface area (Å²) in [6, 6.07) is 0. The molecule has 0 bridgehead atoms. The van der Waals surface area contributed by atoms with Crippen LogP contribution in [-0.2, 0) is 19.4 Å². The Kier molecular flexibility index (Phi) is 8.93. The van der Waals surface area contributed by atoms with E-state index in [1.54, 1.807) is 29.6 Å². The first-order valence-electron chi connectivity index (χ1n) is 5.91. The lowest BCUT2D eigenvalue weighted by Crippen LogP contribution is -2.16. The predicted molar refractivity (Wildman–Crippen MR) is 78.4 cm³/mol. The van der Waals surface area contributed by atoms with Crippen molar-refractivity contribution >= 4 is 22.4 Å². The number of carbonyl (C=O) groups is 1. The van der Waals surface area contributed by atoms with Crippen molar-refractivity contribution < 1.29 is 21.9 Å². The first kappa shape index (κ1) is 19.0. The molecule has 1 amide bonds. The van der Waals surface area contributed by atoms with Crippen LogP contribution in [-0.4, -0.2) is 47.4 Å². The van der Waals surface area contributed by atoms with Gasteiger partial charge in [-0.05, 0) is 18.7 Å². The summed E-state index contributed by atoms with van der Waals surface area (Å²) in [5.74, 6) is 1.03. The van der Waals surface area contributed by atoms with Crippen LogP contribution >= 0.6 is 0 Å². The van der Waals surface area contributed by atoms with Crippen molar-refractivity contribution in [3.05, 3.63) is 37.6 Å². The number of hydrogen-bond donors (Lipinski definition) is 2. The average Bonchev–Trinajstić information content (AvgIpc) is 3.10. The number of imidazole rings is 1. The molecule has 1 saturated heterocycles. The molecule has 1 aliphatic rings. The molecule has 118 valence electrons. The zero-order chi connectivity index (χ0) is 16.3. The minimum Gasteiger partial charge on any atom is -0.345 e. The fourth-order valence-electron chi connectivity index (χ4n) is 1.25. The van der Waals surface area contributed by atoms with Gasteiger partial charge in [0.25, 0.3) is 0 Å². The van der Waals surface area contributed by atoms with E-state index in [2.05, 4.69) is 27.3 Å². The van der Waals surface area contributed by atoms with Gasteiger partial charge in [-0.25, -0.2) is 4.98 Å². The molecule has 1 aromatic rings. The molecule has 21 heavy (non-hydrogen) atoms. The van der Waals surface area contributed by atoms with Crippen molar-refractivity contribution in [2.45, 2.75) is 12.8 Å². The van der Waals surface area contributed by atoms with E-state index in [4.69, 9.17) is 4.55 Å². The molecule has 1 fully saturated rings. The van der Waals surface area contributed by atoms with Gasteiger partial charge in [-0.1, -0.05) is 13.2 Å². The van der Waals surface area contributed by atoms with Gasteiger partial charge in [0, 0.05) is 25.4 Å². The molecular formula is C12H19N3O5S. The zero-order valence-electron chi connectivity index (χ0n) is 11.7. The fourth-order valence-corrected chi connectivity index (χ4v) is 1.25. The van der Waals surface area contributed by atoms with E-state index >= 15 is 0 Å². The quantitative estimate of drug-likeness (QED) is 0.811. The van der Waals surface area contributed by atoms with Crippen LogP contribution in [0.15, 0.2) is 31.8 Å². The van der Waals surface area contributed by atoms with Gasteiger partial charge in [-0.15, -0.1) is 0 Å². The number of nitrogens with one attached hydrogen (secondary N) is 1. The van der Waals surface area contributed by atoms with Crippen LogP contribution in [0.1, 0.15) is 18.7 Å². The average molecular weight is 317 g/mol. The largest absolute Gasteiger partial charge is 0.397 e. The van der Waals surface area contributed by atoms with Crippen LogP contribution in [0.4, 0.5) is 0 Å². The van der Waals surface area contributed by atoms with Crippen LogP contribution in [0.2, 0.25) is 0 Å². The standard InChI is InChI=1S/C6H9NO.C5H6N2.CH4O4S/c1-2-7-5-3-4-6(7)8;1-2-5-6-3-4-7-5;1-5-6(2,3)4/h2H,1,3-5H2;2-4H,1H2,(H,6,7);1H3,(H,2,3,4). The highest BCUT2D eigenvalue weighted by molar-refractivity contribution is 7.80. The molecule has 2 heterocycles. The van der Waals surface area contributed by atoms with Crippen molar-refractivity contribution in [1.82, 2.24) is 14.9 Å². The maximum atomic E-state index is 10.7. The van der Waals surface area contributed by atoms with Gasteiger partial charge in [0.15, 0.2) is 0 Å². The van der Waals surface area contributed by atoms with E-state index < -0.39 is 10.4 Å². The molecule has 0 saturated carbocycles. The highest BCUT2D eigenvalue weighted by Crippen LogP contribution is 2.08. The number of likely N-dealkylation sites (tertiary alicyclic amines) is 1. The van der Waals surface area contributed by atoms with E-state index in [0.717, 1.165) is 25.9 Å². The highest BCUT2D eigenvalue weighted by Gasteiger charge is 2.15. The Hall–Kier alpha value is -1.97. The molecule has 0 spiro atoms. The van der Waals surface area contributed by atoms with Crippen LogP contribution in [0.25, 0.3) is 6.08 Å². The minimum absolute atomic E-state index is 0.208. The topological polar surface area (TPSA) is 113 Å². The van der Waals surface area contributed by atoms with Crippen LogP contribution < -0.4 is 0 Å². The van der Waals surface area contributed by atoms with Gasteiger partial charge >= 0.3 is 10.4 Å². The molecule has 0 radical (unpaired) electrons. The Morgan fingerprint density at radius 1 is 1.52 bits per heavy atom. The number of amides is 1. The summed E-state index contributed by atoms with van der Waals surface area (Å²) >= 11 is 0. The Labute approximate surface area is 124 Å². The number of hydrogen-bond acceptors (Lipinski definition) is 5. The summed E-state index contributed by atoms with van der Waals surface area (Å²) in [6.45, 7) is 7.87. The summed E-state index contributed by atoms with van der Waals surface area (Å²) in [5.41, 5.74) is 0. The highest BCUT2D eigenvalue weighted by atomic mass is 32.3. The van der Waals surface area contributed by atoms with E-state index in [1.807, 2.05) is 0 Å². The summed E-state index contributed by atoms with van der Waals surface area (Å²) in [5, 5.41) is 0. The molecule has 0 aromatic carbocycles. The summed E-state index contributed by atoms with van der Waals surface area (Å²) in [7, 11) is -3.29. The summed E-state index contributed by atoms with van der Waals surface area (Å²) < 4.78 is 29.7. The van der Waals surface area contributed by atoms with Gasteiger partial charge in [-0.3, -0.25) is 13.5 Å². The molecule has 0 aliphatic carbocycles. The Morgan fingerprint density at radius 3 is 2.33 bits per heavy atom. The molecule has 1 aromatic heterocycles. The molecular weight excluding hydrogens is 298 g/mol. The van der Waals surface area contributed by atoms with Gasteiger partial charge in [0.1, 0.15) is 5.82 Å². The lowest BCUT2D eigenvalue weighted by Gasteiger charge is -2.05. The van der Waals surface area contributed by atoms with Gasteiger partial charge in [-0.2, -0.15) is 8.42 Å². The van der Waals surface area contributed by atoms with Crippen LogP contribution in [0, 0.1) is 0 Å². The first-order valence-corrected chi connectivity index (χ1v) is 7.27. The molecule has 2 N–H and O–H groups in total. The van der Waals surface area contributed by atoms with E-state index in [1.165, 1.54) is 0 Å². The number of aromatic amines is 1. The normalized spacial score (nSPS) is 13.6. The molecule has 0 atom stereocenters. The lowest BCUT2D eigenvalue weighted by atomic mass is 10.4. The fraction of sp³-hybridized carbons (Fsp3) is 0.333. The van der Waals surface area contributed by atoms with Crippen molar-refractivity contribution in [3.8, 4) is 0 Å². The van der Waals surface area contributed by atoms with Crippen molar-refractivity contribution in [2.75, 3.05) is 13.7 Å². The summed E-state index contributed by atoms with van der Waals surface area (Å²) in [6.07, 6.45) is 8.40. The maximum Gasteiger partial charge on any atom is 0.397 e. The number of rotatable bonds is 3. The van der Waals surface area contributed by atoms with Gasteiger partial charge in [0.2, 0.25) is 5.91 Å². The zero-order valence-corrected chi connectivity index (χ0v) is 12.5. The molecule has 8 nitrogen and oxygen atoms in total. The Balaban J connectivity index is 0.000000290. The third kappa shape index (κ3) is 9.55. The monoisotopic (exact) mass is 317 g/mol. The smallest absolute Gasteiger partial charge is 0.345 e. The molecule has 0 unspecified atom stereocenters. The molecule has 9 heteroatoms. The van der Waals surface area contributed by atoms with Crippen LogP contribution in [0.3, 0.4) is 0 Å². The maximum absolute atomic E-state index is 10.7.